The quantitative estimate of drug-likeness (QED) is 0.735. The fourth-order valence-corrected chi connectivity index (χ4v) is 2.92. The first-order valence-corrected chi connectivity index (χ1v) is 8.66. The van der Waals surface area contributed by atoms with Gasteiger partial charge >= 0.3 is 0 Å². The molecule has 0 bridgehead atoms. The summed E-state index contributed by atoms with van der Waals surface area (Å²) in [7, 11) is 0. The molecule has 0 saturated carbocycles. The first kappa shape index (κ1) is 17.9. The molecule has 0 atom stereocenters. The molecule has 1 N–H and O–H groups in total. The van der Waals surface area contributed by atoms with E-state index in [4.69, 9.17) is 0 Å². The fraction of sp³-hybridized carbons (Fsp3) is 0.238. The van der Waals surface area contributed by atoms with E-state index in [1.54, 1.807) is 10.7 Å². The van der Waals surface area contributed by atoms with Crippen LogP contribution < -0.4 is 5.32 Å². The second-order valence-corrected chi connectivity index (χ2v) is 6.34. The summed E-state index contributed by atoms with van der Waals surface area (Å²) in [5.41, 5.74) is 4.90. The highest BCUT2D eigenvalue weighted by Gasteiger charge is 2.15. The molecule has 0 spiro atoms. The number of amides is 1. The van der Waals surface area contributed by atoms with Crippen molar-refractivity contribution in [1.82, 2.24) is 9.78 Å². The van der Waals surface area contributed by atoms with Gasteiger partial charge in [0, 0.05) is 5.56 Å². The summed E-state index contributed by atoms with van der Waals surface area (Å²) in [6, 6.07) is 14.0. The molecule has 2 aromatic carbocycles. The molecule has 4 nitrogen and oxygen atoms in total. The molecule has 0 fully saturated rings. The first-order chi connectivity index (χ1) is 12.5. The molecule has 0 unspecified atom stereocenters. The van der Waals surface area contributed by atoms with Crippen molar-refractivity contribution in [3.63, 3.8) is 0 Å². The molecule has 0 aliphatic heterocycles. The van der Waals surface area contributed by atoms with Crippen molar-refractivity contribution in [2.24, 2.45) is 0 Å². The van der Waals surface area contributed by atoms with Gasteiger partial charge in [-0.15, -0.1) is 0 Å². The van der Waals surface area contributed by atoms with Gasteiger partial charge in [0.15, 0.2) is 0 Å². The highest BCUT2D eigenvalue weighted by molar-refractivity contribution is 6.04. The van der Waals surface area contributed by atoms with Crippen LogP contribution in [0.25, 0.3) is 0 Å². The van der Waals surface area contributed by atoms with E-state index in [1.807, 2.05) is 44.2 Å². The van der Waals surface area contributed by atoms with Gasteiger partial charge in [-0.25, -0.2) is 4.39 Å². The Labute approximate surface area is 152 Å². The van der Waals surface area contributed by atoms with Gasteiger partial charge < -0.3 is 5.32 Å². The largest absolute Gasteiger partial charge is 0.319 e. The molecular formula is C21H22FN3O. The van der Waals surface area contributed by atoms with E-state index >= 15 is 0 Å². The number of aromatic nitrogens is 2. The standard InChI is InChI=1S/C21H22FN3O/c1-4-16-8-10-18(11-9-16)21(26)23-20-14(2)24-25(15(20)3)13-17-6-5-7-19(22)12-17/h5-12H,4,13H2,1-3H3,(H,23,26). The van der Waals surface area contributed by atoms with Gasteiger partial charge in [0.2, 0.25) is 0 Å². The second kappa shape index (κ2) is 7.52. The Bertz CT molecular complexity index is 929. The molecular weight excluding hydrogens is 329 g/mol. The summed E-state index contributed by atoms with van der Waals surface area (Å²) in [4.78, 5) is 12.5. The zero-order chi connectivity index (χ0) is 18.7. The Morgan fingerprint density at radius 1 is 1.12 bits per heavy atom. The third-order valence-corrected chi connectivity index (χ3v) is 4.47. The molecule has 1 heterocycles. The van der Waals surface area contributed by atoms with Gasteiger partial charge in [-0.05, 0) is 55.7 Å². The smallest absolute Gasteiger partial charge is 0.255 e. The summed E-state index contributed by atoms with van der Waals surface area (Å²) in [6.45, 7) is 6.28. The molecule has 5 heteroatoms. The molecule has 1 aromatic heterocycles. The van der Waals surface area contributed by atoms with Crippen molar-refractivity contribution in [2.75, 3.05) is 5.32 Å². The number of carbonyl (C=O) groups is 1. The number of rotatable bonds is 5. The summed E-state index contributed by atoms with van der Waals surface area (Å²) < 4.78 is 15.2. The molecule has 1 amide bonds. The van der Waals surface area contributed by atoms with Gasteiger partial charge in [0.1, 0.15) is 5.82 Å². The van der Waals surface area contributed by atoms with Gasteiger partial charge in [0.05, 0.1) is 23.6 Å². The SMILES string of the molecule is CCc1ccc(C(=O)Nc2c(C)nn(Cc3cccc(F)c3)c2C)cc1. The van der Waals surface area contributed by atoms with Crippen LogP contribution in [0.2, 0.25) is 0 Å². The monoisotopic (exact) mass is 351 g/mol. The average molecular weight is 351 g/mol. The lowest BCUT2D eigenvalue weighted by Crippen LogP contribution is -2.13. The maximum Gasteiger partial charge on any atom is 0.255 e. The Morgan fingerprint density at radius 2 is 1.85 bits per heavy atom. The zero-order valence-corrected chi connectivity index (χ0v) is 15.2. The Balaban J connectivity index is 1.80. The Hall–Kier alpha value is -2.95. The Kier molecular flexibility index (Phi) is 5.16. The second-order valence-electron chi connectivity index (χ2n) is 6.34. The minimum absolute atomic E-state index is 0.163. The van der Waals surface area contributed by atoms with Crippen LogP contribution in [0, 0.1) is 19.7 Å². The average Bonchev–Trinajstić information content (AvgIpc) is 2.89. The minimum atomic E-state index is -0.270. The maximum atomic E-state index is 13.4. The van der Waals surface area contributed by atoms with Crippen molar-refractivity contribution in [3.8, 4) is 0 Å². The third-order valence-electron chi connectivity index (χ3n) is 4.47. The van der Waals surface area contributed by atoms with E-state index in [2.05, 4.69) is 17.3 Å². The Morgan fingerprint density at radius 3 is 2.50 bits per heavy atom. The first-order valence-electron chi connectivity index (χ1n) is 8.66. The number of aryl methyl sites for hydroxylation is 2. The minimum Gasteiger partial charge on any atom is -0.319 e. The number of benzene rings is 2. The molecule has 0 radical (unpaired) electrons. The number of anilines is 1. The van der Waals surface area contributed by atoms with Gasteiger partial charge in [-0.2, -0.15) is 5.10 Å². The molecule has 3 rings (SSSR count). The van der Waals surface area contributed by atoms with E-state index < -0.39 is 0 Å². The molecule has 0 aliphatic rings. The number of nitrogens with one attached hydrogen (secondary N) is 1. The van der Waals surface area contributed by atoms with Crippen LogP contribution in [0.4, 0.5) is 10.1 Å². The number of nitrogens with zero attached hydrogens (tertiary/aromatic N) is 2. The number of hydrogen-bond donors (Lipinski definition) is 1. The van der Waals surface area contributed by atoms with E-state index in [0.29, 0.717) is 17.8 Å². The summed E-state index contributed by atoms with van der Waals surface area (Å²) in [6.07, 6.45) is 0.937. The fourth-order valence-electron chi connectivity index (χ4n) is 2.92. The van der Waals surface area contributed by atoms with Gasteiger partial charge in [-0.1, -0.05) is 31.2 Å². The number of carbonyl (C=O) groups excluding carboxylic acids is 1. The van der Waals surface area contributed by atoms with Crippen molar-refractivity contribution in [2.45, 2.75) is 33.7 Å². The highest BCUT2D eigenvalue weighted by atomic mass is 19.1. The maximum absolute atomic E-state index is 13.4. The van der Waals surface area contributed by atoms with Crippen LogP contribution in [0.1, 0.15) is 39.8 Å². The van der Waals surface area contributed by atoms with Crippen LogP contribution in [0.5, 0.6) is 0 Å². The summed E-state index contributed by atoms with van der Waals surface area (Å²) in [5.74, 6) is -0.433. The predicted octanol–water partition coefficient (Wildman–Crippen LogP) is 4.50. The number of hydrogen-bond acceptors (Lipinski definition) is 2. The molecule has 0 saturated heterocycles. The van der Waals surface area contributed by atoms with Crippen molar-refractivity contribution in [3.05, 3.63) is 82.4 Å². The number of halogens is 1. The molecule has 134 valence electrons. The highest BCUT2D eigenvalue weighted by Crippen LogP contribution is 2.21. The lowest BCUT2D eigenvalue weighted by Gasteiger charge is -2.08. The predicted molar refractivity (Wildman–Crippen MR) is 101 cm³/mol. The van der Waals surface area contributed by atoms with E-state index in [1.165, 1.54) is 17.7 Å². The van der Waals surface area contributed by atoms with Gasteiger partial charge in [0.25, 0.3) is 5.91 Å². The van der Waals surface area contributed by atoms with Crippen LogP contribution in [-0.2, 0) is 13.0 Å². The lowest BCUT2D eigenvalue weighted by molar-refractivity contribution is 0.102. The van der Waals surface area contributed by atoms with Crippen LogP contribution >= 0.6 is 0 Å². The summed E-state index contributed by atoms with van der Waals surface area (Å²) in [5, 5.41) is 7.44. The summed E-state index contributed by atoms with van der Waals surface area (Å²) >= 11 is 0. The molecule has 26 heavy (non-hydrogen) atoms. The van der Waals surface area contributed by atoms with Crippen molar-refractivity contribution >= 4 is 11.6 Å². The molecule has 0 aliphatic carbocycles. The van der Waals surface area contributed by atoms with Crippen molar-refractivity contribution in [1.29, 1.82) is 0 Å². The van der Waals surface area contributed by atoms with Crippen molar-refractivity contribution < 1.29 is 9.18 Å². The normalized spacial score (nSPS) is 10.8. The van der Waals surface area contributed by atoms with E-state index in [9.17, 15) is 9.18 Å². The third kappa shape index (κ3) is 3.82. The van der Waals surface area contributed by atoms with E-state index in [-0.39, 0.29) is 11.7 Å². The van der Waals surface area contributed by atoms with E-state index in [0.717, 1.165) is 23.4 Å². The van der Waals surface area contributed by atoms with Crippen LogP contribution in [-0.4, -0.2) is 15.7 Å². The van der Waals surface area contributed by atoms with Crippen LogP contribution in [0.15, 0.2) is 48.5 Å². The topological polar surface area (TPSA) is 46.9 Å². The lowest BCUT2D eigenvalue weighted by atomic mass is 10.1. The molecule has 3 aromatic rings. The zero-order valence-electron chi connectivity index (χ0n) is 15.2. The van der Waals surface area contributed by atoms with Crippen LogP contribution in [0.3, 0.4) is 0 Å². The van der Waals surface area contributed by atoms with Gasteiger partial charge in [-0.3, -0.25) is 9.48 Å².